The zero-order valence-electron chi connectivity index (χ0n) is 10.7. The third-order valence-corrected chi connectivity index (χ3v) is 2.28. The molecule has 5 nitrogen and oxygen atoms in total. The number of hydrogen-bond acceptors (Lipinski definition) is 3. The molecule has 0 aliphatic heterocycles. The molecule has 1 heterocycles. The monoisotopic (exact) mass is 273 g/mol. The molecule has 19 heavy (non-hydrogen) atoms. The quantitative estimate of drug-likeness (QED) is 0.582. The summed E-state index contributed by atoms with van der Waals surface area (Å²) in [5.41, 5.74) is 0.366. The molecule has 0 bridgehead atoms. The molecule has 0 saturated carbocycles. The van der Waals surface area contributed by atoms with Gasteiger partial charge in [-0.15, -0.1) is 6.58 Å². The van der Waals surface area contributed by atoms with Crippen molar-refractivity contribution in [3.63, 3.8) is 0 Å². The normalized spacial score (nSPS) is 12.4. The molecule has 0 unspecified atom stereocenters. The number of anilines is 1. The van der Waals surface area contributed by atoms with Crippen LogP contribution in [0, 0.1) is 0 Å². The summed E-state index contributed by atoms with van der Waals surface area (Å²) >= 11 is 0. The number of nitrogens with zero attached hydrogens (tertiary/aromatic N) is 2. The van der Waals surface area contributed by atoms with Crippen LogP contribution in [0.3, 0.4) is 0 Å². The molecule has 0 fully saturated rings. The van der Waals surface area contributed by atoms with E-state index in [2.05, 4.69) is 17.0 Å². The topological polar surface area (TPSA) is 56.1 Å². The first kappa shape index (κ1) is 15.3. The van der Waals surface area contributed by atoms with Gasteiger partial charge in [-0.25, -0.2) is 8.78 Å². The zero-order valence-corrected chi connectivity index (χ0v) is 10.7. The van der Waals surface area contributed by atoms with Gasteiger partial charge in [-0.2, -0.15) is 5.10 Å². The highest BCUT2D eigenvalue weighted by Gasteiger charge is 2.14. The van der Waals surface area contributed by atoms with Crippen LogP contribution in [0.1, 0.15) is 13.3 Å². The Hall–Kier alpha value is -1.76. The van der Waals surface area contributed by atoms with Gasteiger partial charge in [0.15, 0.2) is 0 Å². The van der Waals surface area contributed by atoms with Crippen molar-refractivity contribution in [3.8, 4) is 0 Å². The first-order valence-corrected chi connectivity index (χ1v) is 5.87. The fourth-order valence-electron chi connectivity index (χ4n) is 1.32. The summed E-state index contributed by atoms with van der Waals surface area (Å²) in [5.74, 6) is -0.347. The van der Waals surface area contributed by atoms with Crippen molar-refractivity contribution < 1.29 is 18.3 Å². The van der Waals surface area contributed by atoms with Gasteiger partial charge in [-0.05, 0) is 13.3 Å². The molecular formula is C12H17F2N3O2. The molecule has 1 rings (SSSR count). The van der Waals surface area contributed by atoms with Crippen molar-refractivity contribution >= 4 is 11.6 Å². The maximum absolute atomic E-state index is 12.1. The van der Waals surface area contributed by atoms with Crippen molar-refractivity contribution in [2.75, 3.05) is 11.9 Å². The van der Waals surface area contributed by atoms with E-state index in [9.17, 15) is 13.6 Å². The Balaban J connectivity index is 2.42. The van der Waals surface area contributed by atoms with Crippen molar-refractivity contribution in [2.24, 2.45) is 0 Å². The minimum absolute atomic E-state index is 0.347. The number of rotatable bonds is 8. The first-order chi connectivity index (χ1) is 9.02. The molecule has 0 spiro atoms. The van der Waals surface area contributed by atoms with Gasteiger partial charge in [0.1, 0.15) is 12.6 Å². The van der Waals surface area contributed by atoms with E-state index in [-0.39, 0.29) is 5.91 Å². The van der Waals surface area contributed by atoms with E-state index in [1.54, 1.807) is 13.0 Å². The predicted octanol–water partition coefficient (Wildman–Crippen LogP) is 2.07. The summed E-state index contributed by atoms with van der Waals surface area (Å²) in [6.45, 7) is 5.06. The summed E-state index contributed by atoms with van der Waals surface area (Å²) in [6.07, 6.45) is 1.91. The number of carbonyl (C=O) groups is 1. The van der Waals surface area contributed by atoms with Crippen LogP contribution in [0.25, 0.3) is 0 Å². The Kier molecular flexibility index (Phi) is 6.14. The van der Waals surface area contributed by atoms with Gasteiger partial charge in [0.05, 0.1) is 18.5 Å². The van der Waals surface area contributed by atoms with Crippen LogP contribution in [0.15, 0.2) is 25.0 Å². The molecule has 0 radical (unpaired) electrons. The summed E-state index contributed by atoms with van der Waals surface area (Å²) in [5, 5.41) is 6.26. The minimum atomic E-state index is -2.48. The highest BCUT2D eigenvalue weighted by atomic mass is 19.3. The van der Waals surface area contributed by atoms with Crippen LogP contribution in [-0.4, -0.2) is 34.8 Å². The lowest BCUT2D eigenvalue weighted by atomic mass is 10.3. The van der Waals surface area contributed by atoms with Gasteiger partial charge in [0.25, 0.3) is 12.3 Å². The molecule has 106 valence electrons. The molecule has 0 aliphatic rings. The van der Waals surface area contributed by atoms with Crippen molar-refractivity contribution in [3.05, 3.63) is 25.0 Å². The maximum atomic E-state index is 12.1. The summed E-state index contributed by atoms with van der Waals surface area (Å²) < 4.78 is 30.6. The molecule has 0 saturated heterocycles. The van der Waals surface area contributed by atoms with Gasteiger partial charge in [-0.3, -0.25) is 9.48 Å². The Labute approximate surface area is 110 Å². The highest BCUT2D eigenvalue weighted by molar-refractivity contribution is 5.93. The Morgan fingerprint density at radius 2 is 2.42 bits per heavy atom. The lowest BCUT2D eigenvalue weighted by Gasteiger charge is -2.11. The molecular weight excluding hydrogens is 256 g/mol. The Morgan fingerprint density at radius 1 is 1.68 bits per heavy atom. The number of halogens is 2. The number of alkyl halides is 2. The zero-order chi connectivity index (χ0) is 14.3. The van der Waals surface area contributed by atoms with E-state index in [0.29, 0.717) is 18.7 Å². The van der Waals surface area contributed by atoms with Gasteiger partial charge >= 0.3 is 0 Å². The van der Waals surface area contributed by atoms with Crippen LogP contribution in [0.2, 0.25) is 0 Å². The summed E-state index contributed by atoms with van der Waals surface area (Å²) in [4.78, 5) is 11.7. The molecule has 1 atom stereocenters. The molecule has 1 aromatic rings. The standard InChI is InChI=1S/C12H17F2N3O2/c1-3-4-5-19-9(2)12(18)16-10-6-15-17(7-10)8-11(13)14/h3,6-7,9,11H,1,4-5,8H2,2H3,(H,16,18)/t9-/m0/s1. The van der Waals surface area contributed by atoms with Crippen molar-refractivity contribution in [1.82, 2.24) is 9.78 Å². The lowest BCUT2D eigenvalue weighted by Crippen LogP contribution is -2.27. The number of carbonyl (C=O) groups excluding carboxylic acids is 1. The van der Waals surface area contributed by atoms with E-state index in [1.165, 1.54) is 12.4 Å². The van der Waals surface area contributed by atoms with E-state index >= 15 is 0 Å². The minimum Gasteiger partial charge on any atom is -0.368 e. The SMILES string of the molecule is C=CCCO[C@@H](C)C(=O)Nc1cnn(CC(F)F)c1. The average Bonchev–Trinajstić information content (AvgIpc) is 2.75. The molecule has 0 aromatic carbocycles. The fraction of sp³-hybridized carbons (Fsp3) is 0.500. The van der Waals surface area contributed by atoms with Crippen LogP contribution in [0.5, 0.6) is 0 Å². The second kappa shape index (κ2) is 7.63. The van der Waals surface area contributed by atoms with Crippen molar-refractivity contribution in [2.45, 2.75) is 32.4 Å². The third kappa shape index (κ3) is 5.60. The van der Waals surface area contributed by atoms with E-state index < -0.39 is 19.1 Å². The smallest absolute Gasteiger partial charge is 0.257 e. The molecule has 7 heteroatoms. The lowest BCUT2D eigenvalue weighted by molar-refractivity contribution is -0.126. The number of hydrogen-bond donors (Lipinski definition) is 1. The van der Waals surface area contributed by atoms with Gasteiger partial charge < -0.3 is 10.1 Å². The second-order valence-electron chi connectivity index (χ2n) is 3.92. The first-order valence-electron chi connectivity index (χ1n) is 5.87. The maximum Gasteiger partial charge on any atom is 0.257 e. The van der Waals surface area contributed by atoms with E-state index in [4.69, 9.17) is 4.74 Å². The predicted molar refractivity (Wildman–Crippen MR) is 67.1 cm³/mol. The number of amides is 1. The third-order valence-electron chi connectivity index (χ3n) is 2.28. The fourth-order valence-corrected chi connectivity index (χ4v) is 1.32. The second-order valence-corrected chi connectivity index (χ2v) is 3.92. The molecule has 1 amide bonds. The van der Waals surface area contributed by atoms with Crippen LogP contribution >= 0.6 is 0 Å². The largest absolute Gasteiger partial charge is 0.368 e. The number of nitrogens with one attached hydrogen (secondary N) is 1. The average molecular weight is 273 g/mol. The number of aromatic nitrogens is 2. The highest BCUT2D eigenvalue weighted by Crippen LogP contribution is 2.08. The van der Waals surface area contributed by atoms with Crippen LogP contribution in [-0.2, 0) is 16.1 Å². The summed E-state index contributed by atoms with van der Waals surface area (Å²) in [7, 11) is 0. The van der Waals surface area contributed by atoms with Gasteiger partial charge in [0.2, 0.25) is 0 Å². The van der Waals surface area contributed by atoms with Gasteiger partial charge in [-0.1, -0.05) is 6.08 Å². The Bertz CT molecular complexity index is 421. The van der Waals surface area contributed by atoms with Crippen molar-refractivity contribution in [1.29, 1.82) is 0 Å². The molecule has 0 aliphatic carbocycles. The Morgan fingerprint density at radius 3 is 3.05 bits per heavy atom. The molecule has 1 N–H and O–H groups in total. The van der Waals surface area contributed by atoms with E-state index in [0.717, 1.165) is 4.68 Å². The number of ether oxygens (including phenoxy) is 1. The van der Waals surface area contributed by atoms with Crippen LogP contribution in [0.4, 0.5) is 14.5 Å². The summed E-state index contributed by atoms with van der Waals surface area (Å²) in [6, 6.07) is 0. The van der Waals surface area contributed by atoms with E-state index in [1.807, 2.05) is 0 Å². The van der Waals surface area contributed by atoms with Gasteiger partial charge in [0, 0.05) is 6.20 Å². The van der Waals surface area contributed by atoms with Crippen LogP contribution < -0.4 is 5.32 Å². The molecule has 1 aromatic heterocycles.